The van der Waals surface area contributed by atoms with E-state index in [1.165, 1.54) is 12.2 Å². The van der Waals surface area contributed by atoms with E-state index in [-0.39, 0.29) is 24.8 Å². The average Bonchev–Trinajstić information content (AvgIpc) is 3.36. The Bertz CT molecular complexity index is 1940. The Morgan fingerprint density at radius 1 is 0.544 bits per heavy atom. The number of ketones is 2. The predicted octanol–water partition coefficient (Wildman–Crippen LogP) is 5.42. The summed E-state index contributed by atoms with van der Waals surface area (Å²) in [6, 6.07) is 18.4. The van der Waals surface area contributed by atoms with Gasteiger partial charge in [0.05, 0.1) is 60.5 Å². The predicted molar refractivity (Wildman–Crippen MR) is 263 cm³/mol. The number of benzene rings is 3. The molecule has 0 unspecified atom stereocenters. The van der Waals surface area contributed by atoms with Crippen LogP contribution >= 0.6 is 0 Å². The van der Waals surface area contributed by atoms with Crippen LogP contribution in [0.25, 0.3) is 18.2 Å². The van der Waals surface area contributed by atoms with Gasteiger partial charge in [-0.1, -0.05) is 56.3 Å². The molecule has 0 aromatic heterocycles. The minimum atomic E-state index is -0.430. The fraction of sp³-hybridized carbons (Fsp3) is 0.451. The van der Waals surface area contributed by atoms with E-state index in [0.717, 1.165) is 33.8 Å². The van der Waals surface area contributed by atoms with E-state index in [2.05, 4.69) is 0 Å². The lowest BCUT2D eigenvalue weighted by Gasteiger charge is -2.18. The maximum absolute atomic E-state index is 11.8. The highest BCUT2D eigenvalue weighted by atomic mass is 16.6. The van der Waals surface area contributed by atoms with Crippen molar-refractivity contribution in [1.29, 1.82) is 0 Å². The number of methoxy groups -OCH3 is 2. The van der Waals surface area contributed by atoms with Crippen LogP contribution in [0.4, 0.5) is 0 Å². The standard InChI is InChI=1S/C18H25NO5.C16H21NO4.C15H21NO5.C2H6/c19-7-9-22-11-10-21-8-1-2-16(20)5-3-15-4-6-17-18(14-15)24-13-12-23-17;1-13(18)12-15-4-2-14(3-5-15)6-7-16(19)21-11-10-20-9-8-17;1-18-13-5-3-12(11-14(13)19-2)4-6-15(17)21-10-9-20-8-7-16;1-2/h3-6,14H,1-2,7-13,19H2;2-7H,8-12,17H2,1H3;3-6,11H,7-10,16H2,1-2H3;1-2H3/b5-3+;7-6+;6-4+;. The molecule has 0 fully saturated rings. The molecule has 0 atom stereocenters. The van der Waals surface area contributed by atoms with E-state index in [0.29, 0.717) is 116 Å². The van der Waals surface area contributed by atoms with Gasteiger partial charge >= 0.3 is 11.9 Å². The molecule has 6 N–H and O–H groups in total. The Hall–Kier alpha value is -5.92. The van der Waals surface area contributed by atoms with E-state index < -0.39 is 11.9 Å². The number of allylic oxidation sites excluding steroid dienone is 1. The zero-order chi connectivity index (χ0) is 50.0. The number of esters is 2. The summed E-state index contributed by atoms with van der Waals surface area (Å²) in [5.74, 6) is 2.06. The number of nitrogens with two attached hydrogens (primary N) is 3. The number of carbonyl (C=O) groups excluding carboxylic acids is 4. The Balaban J connectivity index is 0.000000502. The van der Waals surface area contributed by atoms with Crippen LogP contribution in [-0.2, 0) is 54.0 Å². The van der Waals surface area contributed by atoms with Gasteiger partial charge in [-0.2, -0.15) is 0 Å². The lowest BCUT2D eigenvalue weighted by atomic mass is 10.1. The Morgan fingerprint density at radius 3 is 1.56 bits per heavy atom. The second-order valence-corrected chi connectivity index (χ2v) is 13.9. The van der Waals surface area contributed by atoms with Gasteiger partial charge in [-0.3, -0.25) is 9.59 Å². The summed E-state index contributed by atoms with van der Waals surface area (Å²) in [6.07, 6.45) is 11.0. The summed E-state index contributed by atoms with van der Waals surface area (Å²) in [6.45, 7) is 12.3. The van der Waals surface area contributed by atoms with E-state index in [1.54, 1.807) is 57.6 Å². The summed E-state index contributed by atoms with van der Waals surface area (Å²) in [4.78, 5) is 45.7. The van der Waals surface area contributed by atoms with Crippen molar-refractivity contribution >= 4 is 41.7 Å². The van der Waals surface area contributed by atoms with Gasteiger partial charge in [0, 0.05) is 51.2 Å². The van der Waals surface area contributed by atoms with Crippen LogP contribution in [0.3, 0.4) is 0 Å². The molecule has 0 spiro atoms. The first kappa shape index (κ1) is 60.1. The zero-order valence-electron chi connectivity index (χ0n) is 40.4. The van der Waals surface area contributed by atoms with Crippen molar-refractivity contribution in [1.82, 2.24) is 0 Å². The molecule has 0 radical (unpaired) electrons. The highest BCUT2D eigenvalue weighted by Gasteiger charge is 2.11. The summed E-state index contributed by atoms with van der Waals surface area (Å²) < 4.78 is 52.0. The van der Waals surface area contributed by atoms with Crippen LogP contribution in [0.1, 0.15) is 55.9 Å². The van der Waals surface area contributed by atoms with Crippen molar-refractivity contribution in [3.63, 3.8) is 0 Å². The maximum atomic E-state index is 11.8. The third-order valence-electron chi connectivity index (χ3n) is 8.51. The minimum absolute atomic E-state index is 0.0767. The van der Waals surface area contributed by atoms with Crippen molar-refractivity contribution in [3.8, 4) is 23.0 Å². The lowest BCUT2D eigenvalue weighted by Crippen LogP contribution is -2.15. The second-order valence-electron chi connectivity index (χ2n) is 13.9. The van der Waals surface area contributed by atoms with Crippen molar-refractivity contribution in [2.45, 2.75) is 40.0 Å². The normalized spacial score (nSPS) is 11.4. The largest absolute Gasteiger partial charge is 0.493 e. The first-order chi connectivity index (χ1) is 33.1. The molecule has 17 nitrogen and oxygen atoms in total. The van der Waals surface area contributed by atoms with Crippen LogP contribution in [0.2, 0.25) is 0 Å². The second kappa shape index (κ2) is 40.2. The van der Waals surface area contributed by atoms with Crippen LogP contribution < -0.4 is 36.1 Å². The van der Waals surface area contributed by atoms with Gasteiger partial charge in [0.15, 0.2) is 28.8 Å². The SMILES string of the molecule is CC.CC(=O)Cc1ccc(/C=C/C(=O)OCCOCCN)cc1.COc1ccc(/C=C/C(=O)OCCOCCN)cc1OC.NCCOCCOCCCC(=O)/C=C/c1ccc2c(c1)OCCO2. The van der Waals surface area contributed by atoms with Crippen LogP contribution in [0.5, 0.6) is 23.0 Å². The van der Waals surface area contributed by atoms with E-state index in [1.807, 2.05) is 62.4 Å². The number of hydrogen-bond donors (Lipinski definition) is 3. The Kier molecular flexibility index (Phi) is 35.5. The zero-order valence-corrected chi connectivity index (χ0v) is 40.4. The molecule has 0 bridgehead atoms. The molecule has 17 heteroatoms. The number of carbonyl (C=O) groups is 4. The third-order valence-corrected chi connectivity index (χ3v) is 8.51. The van der Waals surface area contributed by atoms with Crippen molar-refractivity contribution in [2.75, 3.05) is 113 Å². The molecule has 1 aliphatic rings. The monoisotopic (exact) mass is 952 g/mol. The smallest absolute Gasteiger partial charge is 0.330 e. The van der Waals surface area contributed by atoms with Crippen molar-refractivity contribution < 1.29 is 66.5 Å². The topological polar surface area (TPSA) is 239 Å². The molecule has 376 valence electrons. The molecule has 0 aliphatic carbocycles. The maximum Gasteiger partial charge on any atom is 0.330 e. The van der Waals surface area contributed by atoms with Gasteiger partial charge in [-0.05, 0) is 78.1 Å². The molecule has 68 heavy (non-hydrogen) atoms. The van der Waals surface area contributed by atoms with Gasteiger partial charge in [-0.25, -0.2) is 9.59 Å². The van der Waals surface area contributed by atoms with Gasteiger partial charge in [-0.15, -0.1) is 0 Å². The molecule has 0 amide bonds. The first-order valence-corrected chi connectivity index (χ1v) is 22.6. The molecule has 4 rings (SSSR count). The number of fused-ring (bicyclic) bond motifs is 1. The van der Waals surface area contributed by atoms with Crippen molar-refractivity contribution in [3.05, 3.63) is 101 Å². The average molecular weight is 952 g/mol. The number of Topliss-reactive ketones (excluding diaryl/α,β-unsaturated/α-hetero) is 1. The van der Waals surface area contributed by atoms with E-state index in [4.69, 9.17) is 64.6 Å². The molecular formula is C51H73N3O14. The molecule has 1 heterocycles. The fourth-order valence-electron chi connectivity index (χ4n) is 5.38. The summed E-state index contributed by atoms with van der Waals surface area (Å²) in [5, 5.41) is 0. The molecule has 3 aromatic rings. The quantitative estimate of drug-likeness (QED) is 0.0447. The van der Waals surface area contributed by atoms with Gasteiger partial charge in [0.25, 0.3) is 0 Å². The van der Waals surface area contributed by atoms with Crippen LogP contribution in [0, 0.1) is 0 Å². The number of rotatable bonds is 29. The number of hydrogen-bond acceptors (Lipinski definition) is 17. The van der Waals surface area contributed by atoms with Crippen LogP contribution in [-0.4, -0.2) is 137 Å². The highest BCUT2D eigenvalue weighted by Crippen LogP contribution is 2.31. The van der Waals surface area contributed by atoms with Gasteiger partial charge < -0.3 is 64.6 Å². The Morgan fingerprint density at radius 2 is 1.01 bits per heavy atom. The summed E-state index contributed by atoms with van der Waals surface area (Å²) >= 11 is 0. The van der Waals surface area contributed by atoms with E-state index >= 15 is 0 Å². The van der Waals surface area contributed by atoms with Crippen LogP contribution in [0.15, 0.2) is 78.9 Å². The molecule has 3 aromatic carbocycles. The lowest BCUT2D eigenvalue weighted by molar-refractivity contribution is -0.140. The molecule has 1 aliphatic heterocycles. The van der Waals surface area contributed by atoms with E-state index in [9.17, 15) is 19.2 Å². The van der Waals surface area contributed by atoms with Gasteiger partial charge in [0.1, 0.15) is 32.2 Å². The summed E-state index contributed by atoms with van der Waals surface area (Å²) in [7, 11) is 3.12. The van der Waals surface area contributed by atoms with Gasteiger partial charge in [0.2, 0.25) is 0 Å². The molecule has 0 saturated carbocycles. The molecule has 0 saturated heterocycles. The Labute approximate surface area is 401 Å². The van der Waals surface area contributed by atoms with Crippen molar-refractivity contribution in [2.24, 2.45) is 17.2 Å². The highest BCUT2D eigenvalue weighted by molar-refractivity contribution is 5.93. The summed E-state index contributed by atoms with van der Waals surface area (Å²) in [5.41, 5.74) is 19.4. The first-order valence-electron chi connectivity index (χ1n) is 22.6. The fourth-order valence-corrected chi connectivity index (χ4v) is 5.38. The number of ether oxygens (including phenoxy) is 10. The third kappa shape index (κ3) is 29.7. The minimum Gasteiger partial charge on any atom is -0.493 e. The molecular weight excluding hydrogens is 879 g/mol.